The van der Waals surface area contributed by atoms with Gasteiger partial charge >= 0.3 is 0 Å². The smallest absolute Gasteiger partial charge is 0.223 e. The molecule has 23 heavy (non-hydrogen) atoms. The molecule has 0 spiro atoms. The zero-order valence-corrected chi connectivity index (χ0v) is 15.5. The minimum atomic E-state index is 0.200. The standard InChI is InChI=1S/C18H36N4O/c1-5-7-8-11-18(3,4)14-22-17(19-6-2)21-13-12-20-16(23)15-9-10-15/h15H,5-14H2,1-4H3,(H,20,23)(H2,19,21,22). The van der Waals surface area contributed by atoms with Gasteiger partial charge in [0.15, 0.2) is 5.96 Å². The molecule has 5 heteroatoms. The quantitative estimate of drug-likeness (QED) is 0.311. The molecule has 0 bridgehead atoms. The highest BCUT2D eigenvalue weighted by Gasteiger charge is 2.28. The van der Waals surface area contributed by atoms with Crippen molar-refractivity contribution in [3.05, 3.63) is 0 Å². The molecular weight excluding hydrogens is 288 g/mol. The molecule has 0 aromatic rings. The molecule has 0 aromatic heterocycles. The second-order valence-electron chi connectivity index (χ2n) is 7.31. The number of hydrogen-bond acceptors (Lipinski definition) is 2. The van der Waals surface area contributed by atoms with E-state index in [1.807, 2.05) is 0 Å². The van der Waals surface area contributed by atoms with Crippen LogP contribution in [0.3, 0.4) is 0 Å². The second kappa shape index (κ2) is 10.5. The Labute approximate surface area is 142 Å². The number of amides is 1. The van der Waals surface area contributed by atoms with Crippen LogP contribution in [-0.2, 0) is 4.79 Å². The van der Waals surface area contributed by atoms with Gasteiger partial charge in [0.1, 0.15) is 0 Å². The van der Waals surface area contributed by atoms with Gasteiger partial charge in [0, 0.05) is 32.1 Å². The van der Waals surface area contributed by atoms with Gasteiger partial charge in [-0.3, -0.25) is 9.79 Å². The van der Waals surface area contributed by atoms with E-state index in [2.05, 4.69) is 43.6 Å². The van der Waals surface area contributed by atoms with E-state index in [1.54, 1.807) is 0 Å². The van der Waals surface area contributed by atoms with Crippen LogP contribution in [0.25, 0.3) is 0 Å². The van der Waals surface area contributed by atoms with E-state index in [4.69, 9.17) is 4.99 Å². The Morgan fingerprint density at radius 3 is 2.39 bits per heavy atom. The molecule has 0 atom stereocenters. The predicted octanol–water partition coefficient (Wildman–Crippen LogP) is 2.67. The zero-order valence-electron chi connectivity index (χ0n) is 15.5. The number of nitrogens with zero attached hydrogens (tertiary/aromatic N) is 1. The summed E-state index contributed by atoms with van der Waals surface area (Å²) in [5, 5.41) is 9.54. The number of hydrogen-bond donors (Lipinski definition) is 3. The fraction of sp³-hybridized carbons (Fsp3) is 0.889. The van der Waals surface area contributed by atoms with E-state index in [9.17, 15) is 4.79 Å². The molecule has 0 radical (unpaired) electrons. The van der Waals surface area contributed by atoms with Gasteiger partial charge in [-0.2, -0.15) is 0 Å². The lowest BCUT2D eigenvalue weighted by Gasteiger charge is -2.23. The SMILES string of the molecule is CCCCCC(C)(C)CN=C(NCC)NCCNC(=O)C1CC1. The molecular formula is C18H36N4O. The Hall–Kier alpha value is -1.26. The summed E-state index contributed by atoms with van der Waals surface area (Å²) in [6, 6.07) is 0. The van der Waals surface area contributed by atoms with Crippen LogP contribution >= 0.6 is 0 Å². The van der Waals surface area contributed by atoms with E-state index in [1.165, 1.54) is 25.7 Å². The van der Waals surface area contributed by atoms with Gasteiger partial charge < -0.3 is 16.0 Å². The van der Waals surface area contributed by atoms with Crippen molar-refractivity contribution in [3.63, 3.8) is 0 Å². The minimum Gasteiger partial charge on any atom is -0.357 e. The maximum absolute atomic E-state index is 11.6. The van der Waals surface area contributed by atoms with Crippen molar-refractivity contribution in [3.8, 4) is 0 Å². The number of guanidine groups is 1. The van der Waals surface area contributed by atoms with Crippen molar-refractivity contribution in [2.24, 2.45) is 16.3 Å². The molecule has 134 valence electrons. The summed E-state index contributed by atoms with van der Waals surface area (Å²) >= 11 is 0. The first-order valence-corrected chi connectivity index (χ1v) is 9.28. The third-order valence-electron chi connectivity index (χ3n) is 4.13. The molecule has 1 fully saturated rings. The van der Waals surface area contributed by atoms with Gasteiger partial charge in [-0.15, -0.1) is 0 Å². The van der Waals surface area contributed by atoms with E-state index in [-0.39, 0.29) is 17.2 Å². The van der Waals surface area contributed by atoms with Crippen molar-refractivity contribution in [2.45, 2.75) is 66.2 Å². The van der Waals surface area contributed by atoms with Crippen LogP contribution in [0.5, 0.6) is 0 Å². The Balaban J connectivity index is 2.28. The van der Waals surface area contributed by atoms with Crippen molar-refractivity contribution < 1.29 is 4.79 Å². The molecule has 1 aliphatic rings. The summed E-state index contributed by atoms with van der Waals surface area (Å²) in [4.78, 5) is 16.3. The minimum absolute atomic E-state index is 0.200. The summed E-state index contributed by atoms with van der Waals surface area (Å²) in [6.07, 6.45) is 7.15. The van der Waals surface area contributed by atoms with Crippen LogP contribution < -0.4 is 16.0 Å². The Morgan fingerprint density at radius 2 is 1.78 bits per heavy atom. The van der Waals surface area contributed by atoms with Gasteiger partial charge in [0.2, 0.25) is 5.91 Å². The zero-order chi connectivity index (χ0) is 17.1. The highest BCUT2D eigenvalue weighted by molar-refractivity contribution is 5.81. The first kappa shape index (κ1) is 19.8. The van der Waals surface area contributed by atoms with Crippen molar-refractivity contribution in [1.82, 2.24) is 16.0 Å². The monoisotopic (exact) mass is 324 g/mol. The highest BCUT2D eigenvalue weighted by Crippen LogP contribution is 2.28. The van der Waals surface area contributed by atoms with E-state index < -0.39 is 0 Å². The van der Waals surface area contributed by atoms with Gasteiger partial charge in [-0.25, -0.2) is 0 Å². The maximum Gasteiger partial charge on any atom is 0.223 e. The molecule has 3 N–H and O–H groups in total. The molecule has 1 aliphatic carbocycles. The average Bonchev–Trinajstić information content (AvgIpc) is 3.33. The molecule has 1 saturated carbocycles. The van der Waals surface area contributed by atoms with Crippen LogP contribution in [0, 0.1) is 11.3 Å². The van der Waals surface area contributed by atoms with Crippen LogP contribution in [0.4, 0.5) is 0 Å². The van der Waals surface area contributed by atoms with Gasteiger partial charge in [0.05, 0.1) is 0 Å². The molecule has 0 saturated heterocycles. The van der Waals surface area contributed by atoms with Crippen LogP contribution in [0.15, 0.2) is 4.99 Å². The molecule has 1 amide bonds. The predicted molar refractivity (Wildman–Crippen MR) is 97.6 cm³/mol. The van der Waals surface area contributed by atoms with Crippen molar-refractivity contribution in [1.29, 1.82) is 0 Å². The van der Waals surface area contributed by atoms with Crippen LogP contribution in [0.2, 0.25) is 0 Å². The first-order chi connectivity index (χ1) is 11.0. The largest absolute Gasteiger partial charge is 0.357 e. The normalized spacial score (nSPS) is 15.4. The molecule has 0 aromatic carbocycles. The van der Waals surface area contributed by atoms with E-state index in [0.717, 1.165) is 31.9 Å². The number of aliphatic imine (C=N–C) groups is 1. The summed E-state index contributed by atoms with van der Waals surface area (Å²) in [7, 11) is 0. The summed E-state index contributed by atoms with van der Waals surface area (Å²) < 4.78 is 0. The molecule has 0 aliphatic heterocycles. The van der Waals surface area contributed by atoms with E-state index >= 15 is 0 Å². The molecule has 0 unspecified atom stereocenters. The Kier molecular flexibility index (Phi) is 9.03. The molecule has 5 nitrogen and oxygen atoms in total. The molecule has 1 rings (SSSR count). The maximum atomic E-state index is 11.6. The lowest BCUT2D eigenvalue weighted by atomic mass is 9.87. The molecule has 0 heterocycles. The second-order valence-corrected chi connectivity index (χ2v) is 7.31. The Bertz CT molecular complexity index is 375. The third-order valence-corrected chi connectivity index (χ3v) is 4.13. The fourth-order valence-corrected chi connectivity index (χ4v) is 2.42. The number of carbonyl (C=O) groups excluding carboxylic acids is 1. The van der Waals surface area contributed by atoms with Gasteiger partial charge in [-0.1, -0.05) is 40.0 Å². The Morgan fingerprint density at radius 1 is 1.09 bits per heavy atom. The van der Waals surface area contributed by atoms with Crippen molar-refractivity contribution >= 4 is 11.9 Å². The van der Waals surface area contributed by atoms with Gasteiger partial charge in [-0.05, 0) is 31.6 Å². The van der Waals surface area contributed by atoms with Crippen molar-refractivity contribution in [2.75, 3.05) is 26.2 Å². The number of nitrogens with one attached hydrogen (secondary N) is 3. The lowest BCUT2D eigenvalue weighted by molar-refractivity contribution is -0.122. The average molecular weight is 325 g/mol. The summed E-state index contributed by atoms with van der Waals surface area (Å²) in [5.74, 6) is 1.32. The van der Waals surface area contributed by atoms with E-state index in [0.29, 0.717) is 13.1 Å². The number of carbonyl (C=O) groups is 1. The van der Waals surface area contributed by atoms with Crippen LogP contribution in [0.1, 0.15) is 66.2 Å². The number of unbranched alkanes of at least 4 members (excludes halogenated alkanes) is 2. The fourth-order valence-electron chi connectivity index (χ4n) is 2.42. The highest BCUT2D eigenvalue weighted by atomic mass is 16.2. The van der Waals surface area contributed by atoms with Crippen LogP contribution in [-0.4, -0.2) is 38.0 Å². The van der Waals surface area contributed by atoms with Gasteiger partial charge in [0.25, 0.3) is 0 Å². The third kappa shape index (κ3) is 9.47. The summed E-state index contributed by atoms with van der Waals surface area (Å²) in [5.41, 5.74) is 0.234. The lowest BCUT2D eigenvalue weighted by Crippen LogP contribution is -2.42. The topological polar surface area (TPSA) is 65.5 Å². The summed E-state index contributed by atoms with van der Waals surface area (Å²) in [6.45, 7) is 11.9. The number of rotatable bonds is 11. The first-order valence-electron chi connectivity index (χ1n) is 9.28.